The van der Waals surface area contributed by atoms with Crippen molar-refractivity contribution in [3.05, 3.63) is 64.4 Å². The molecule has 0 atom stereocenters. The van der Waals surface area contributed by atoms with E-state index in [1.165, 1.54) is 6.07 Å². The zero-order valence-electron chi connectivity index (χ0n) is 15.9. The molecule has 0 heterocycles. The fourth-order valence-corrected chi connectivity index (χ4v) is 2.64. The zero-order valence-corrected chi connectivity index (χ0v) is 19.0. The van der Waals surface area contributed by atoms with Gasteiger partial charge in [0.15, 0.2) is 5.96 Å². The first-order valence-electron chi connectivity index (χ1n) is 8.81. The Labute approximate surface area is 187 Å². The first-order chi connectivity index (χ1) is 13.0. The van der Waals surface area contributed by atoms with Gasteiger partial charge < -0.3 is 16.0 Å². The molecule has 0 aliphatic heterocycles. The number of carbonyl (C=O) groups excluding carboxylic acids is 1. The van der Waals surface area contributed by atoms with E-state index in [9.17, 15) is 9.18 Å². The van der Waals surface area contributed by atoms with Crippen LogP contribution < -0.4 is 16.0 Å². The van der Waals surface area contributed by atoms with Crippen molar-refractivity contribution in [1.82, 2.24) is 10.6 Å². The van der Waals surface area contributed by atoms with E-state index in [-0.39, 0.29) is 48.7 Å². The lowest BCUT2D eigenvalue weighted by Crippen LogP contribution is -2.38. The van der Waals surface area contributed by atoms with E-state index in [4.69, 9.17) is 11.6 Å². The predicted octanol–water partition coefficient (Wildman–Crippen LogP) is 4.49. The van der Waals surface area contributed by atoms with Gasteiger partial charge in [-0.05, 0) is 37.6 Å². The van der Waals surface area contributed by atoms with Crippen LogP contribution >= 0.6 is 35.6 Å². The maximum atomic E-state index is 13.7. The Bertz CT molecular complexity index is 817. The Hall–Kier alpha value is -1.87. The highest BCUT2D eigenvalue weighted by atomic mass is 127. The van der Waals surface area contributed by atoms with E-state index >= 15 is 0 Å². The van der Waals surface area contributed by atoms with Gasteiger partial charge in [-0.2, -0.15) is 0 Å². The number of aliphatic imine (C=N–C) groups is 1. The lowest BCUT2D eigenvalue weighted by atomic mass is 10.2. The fourth-order valence-electron chi connectivity index (χ4n) is 2.36. The van der Waals surface area contributed by atoms with Crippen LogP contribution in [0, 0.1) is 12.7 Å². The minimum Gasteiger partial charge on any atom is -0.357 e. The van der Waals surface area contributed by atoms with E-state index in [1.807, 2.05) is 19.9 Å². The minimum atomic E-state index is -0.286. The molecule has 3 N–H and O–H groups in total. The molecule has 2 rings (SSSR count). The second-order valence-corrected chi connectivity index (χ2v) is 6.40. The number of halogens is 3. The molecule has 0 aromatic heterocycles. The zero-order chi connectivity index (χ0) is 19.6. The normalized spacial score (nSPS) is 10.8. The van der Waals surface area contributed by atoms with Gasteiger partial charge >= 0.3 is 0 Å². The third-order valence-electron chi connectivity index (χ3n) is 3.75. The van der Waals surface area contributed by atoms with E-state index in [1.54, 1.807) is 30.3 Å². The molecular weight excluding hydrogens is 494 g/mol. The van der Waals surface area contributed by atoms with Crippen LogP contribution in [0.2, 0.25) is 5.02 Å². The number of hydrogen-bond donors (Lipinski definition) is 3. The van der Waals surface area contributed by atoms with Crippen molar-refractivity contribution in [2.45, 2.75) is 26.8 Å². The number of aryl methyl sites for hydroxylation is 1. The second kappa shape index (κ2) is 12.6. The third-order valence-corrected chi connectivity index (χ3v) is 4.07. The highest BCUT2D eigenvalue weighted by molar-refractivity contribution is 14.0. The van der Waals surface area contributed by atoms with Gasteiger partial charge in [-0.25, -0.2) is 9.38 Å². The molecule has 0 spiro atoms. The van der Waals surface area contributed by atoms with Crippen LogP contribution in [0.15, 0.2) is 47.5 Å². The SMILES string of the molecule is CCNC(=NCc1ccccc1F)NCCC(=O)Nc1ccc(C)cc1Cl.I. The molecule has 5 nitrogen and oxygen atoms in total. The molecule has 0 unspecified atom stereocenters. The molecular formula is C20H25ClFIN4O. The van der Waals surface area contributed by atoms with Crippen LogP contribution in [0.3, 0.4) is 0 Å². The van der Waals surface area contributed by atoms with Gasteiger partial charge in [-0.3, -0.25) is 4.79 Å². The number of rotatable bonds is 7. The van der Waals surface area contributed by atoms with Gasteiger partial charge in [-0.15, -0.1) is 24.0 Å². The fraction of sp³-hybridized carbons (Fsp3) is 0.300. The van der Waals surface area contributed by atoms with E-state index in [2.05, 4.69) is 20.9 Å². The number of hydrogen-bond acceptors (Lipinski definition) is 2. The number of guanidine groups is 1. The molecule has 152 valence electrons. The van der Waals surface area contributed by atoms with Crippen molar-refractivity contribution in [3.63, 3.8) is 0 Å². The van der Waals surface area contributed by atoms with Gasteiger partial charge in [0.2, 0.25) is 5.91 Å². The maximum Gasteiger partial charge on any atom is 0.226 e. The predicted molar refractivity (Wildman–Crippen MR) is 124 cm³/mol. The Kier molecular flexibility index (Phi) is 10.8. The molecule has 2 aromatic carbocycles. The molecule has 0 aliphatic rings. The van der Waals surface area contributed by atoms with Gasteiger partial charge in [0.05, 0.1) is 17.3 Å². The Balaban J connectivity index is 0.00000392. The monoisotopic (exact) mass is 518 g/mol. The third kappa shape index (κ3) is 8.02. The first-order valence-corrected chi connectivity index (χ1v) is 9.19. The molecule has 1 amide bonds. The number of benzene rings is 2. The molecule has 0 saturated carbocycles. The Morgan fingerprint density at radius 3 is 2.61 bits per heavy atom. The van der Waals surface area contributed by atoms with Crippen molar-refractivity contribution in [2.24, 2.45) is 4.99 Å². The van der Waals surface area contributed by atoms with Crippen molar-refractivity contribution in [2.75, 3.05) is 18.4 Å². The van der Waals surface area contributed by atoms with Crippen LogP contribution in [0.4, 0.5) is 10.1 Å². The molecule has 0 fully saturated rings. The number of nitrogens with zero attached hydrogens (tertiary/aromatic N) is 1. The highest BCUT2D eigenvalue weighted by Crippen LogP contribution is 2.22. The first kappa shape index (κ1) is 24.2. The molecule has 8 heteroatoms. The van der Waals surface area contributed by atoms with Crippen LogP contribution in [-0.4, -0.2) is 25.0 Å². The van der Waals surface area contributed by atoms with Gasteiger partial charge in [0.25, 0.3) is 0 Å². The number of nitrogens with one attached hydrogen (secondary N) is 3. The summed E-state index contributed by atoms with van der Waals surface area (Å²) in [5.41, 5.74) is 2.13. The van der Waals surface area contributed by atoms with Crippen molar-refractivity contribution in [3.8, 4) is 0 Å². The molecule has 0 aliphatic carbocycles. The second-order valence-electron chi connectivity index (χ2n) is 5.99. The summed E-state index contributed by atoms with van der Waals surface area (Å²) < 4.78 is 13.7. The number of anilines is 1. The van der Waals surface area contributed by atoms with Crippen LogP contribution in [0.1, 0.15) is 24.5 Å². The summed E-state index contributed by atoms with van der Waals surface area (Å²) in [6, 6.07) is 12.0. The maximum absolute atomic E-state index is 13.7. The Morgan fingerprint density at radius 1 is 1.18 bits per heavy atom. The molecule has 2 aromatic rings. The summed E-state index contributed by atoms with van der Waals surface area (Å²) >= 11 is 6.12. The number of amides is 1. The van der Waals surface area contributed by atoms with E-state index in [0.717, 1.165) is 5.56 Å². The smallest absolute Gasteiger partial charge is 0.226 e. The van der Waals surface area contributed by atoms with Crippen molar-refractivity contribution < 1.29 is 9.18 Å². The lowest BCUT2D eigenvalue weighted by Gasteiger charge is -2.12. The van der Waals surface area contributed by atoms with Gasteiger partial charge in [0.1, 0.15) is 5.82 Å². The molecule has 28 heavy (non-hydrogen) atoms. The lowest BCUT2D eigenvalue weighted by molar-refractivity contribution is -0.116. The van der Waals surface area contributed by atoms with Gasteiger partial charge in [-0.1, -0.05) is 35.9 Å². The summed E-state index contributed by atoms with van der Waals surface area (Å²) in [4.78, 5) is 16.4. The summed E-state index contributed by atoms with van der Waals surface area (Å²) in [6.07, 6.45) is 0.244. The minimum absolute atomic E-state index is 0. The topological polar surface area (TPSA) is 65.5 Å². The van der Waals surface area contributed by atoms with Crippen LogP contribution in [0.25, 0.3) is 0 Å². The average Bonchev–Trinajstić information content (AvgIpc) is 2.63. The molecule has 0 bridgehead atoms. The van der Waals surface area contributed by atoms with E-state index < -0.39 is 0 Å². The van der Waals surface area contributed by atoms with Crippen LogP contribution in [-0.2, 0) is 11.3 Å². The molecule has 0 radical (unpaired) electrons. The average molecular weight is 519 g/mol. The summed E-state index contributed by atoms with van der Waals surface area (Å²) in [5.74, 6) is 0.0894. The molecule has 0 saturated heterocycles. The van der Waals surface area contributed by atoms with Crippen molar-refractivity contribution >= 4 is 53.1 Å². The summed E-state index contributed by atoms with van der Waals surface area (Å²) in [7, 11) is 0. The Morgan fingerprint density at radius 2 is 1.93 bits per heavy atom. The quantitative estimate of drug-likeness (QED) is 0.288. The summed E-state index contributed by atoms with van der Waals surface area (Å²) in [6.45, 7) is 5.14. The van der Waals surface area contributed by atoms with E-state index in [0.29, 0.717) is 35.3 Å². The standard InChI is InChI=1S/C20H24ClFN4O.HI/c1-3-23-20(25-13-15-6-4-5-7-17(15)22)24-11-10-19(27)26-18-9-8-14(2)12-16(18)21;/h4-9,12H,3,10-11,13H2,1-2H3,(H,26,27)(H2,23,24,25);1H. The van der Waals surface area contributed by atoms with Crippen LogP contribution in [0.5, 0.6) is 0 Å². The highest BCUT2D eigenvalue weighted by Gasteiger charge is 2.07. The summed E-state index contributed by atoms with van der Waals surface area (Å²) in [5, 5.41) is 9.45. The van der Waals surface area contributed by atoms with Crippen molar-refractivity contribution in [1.29, 1.82) is 0 Å². The number of carbonyl (C=O) groups is 1. The van der Waals surface area contributed by atoms with Gasteiger partial charge in [0, 0.05) is 25.1 Å². The largest absolute Gasteiger partial charge is 0.357 e.